The van der Waals surface area contributed by atoms with E-state index in [9.17, 15) is 0 Å². The maximum Gasteiger partial charge on any atom is 0.120 e. The number of hydrogen-bond acceptors (Lipinski definition) is 2. The molecule has 1 aliphatic carbocycles. The molecular weight excluding hydrogens is 246 g/mol. The van der Waals surface area contributed by atoms with E-state index in [1.807, 2.05) is 0 Å². The second kappa shape index (κ2) is 7.49. The summed E-state index contributed by atoms with van der Waals surface area (Å²) in [4.78, 5) is 0. The first-order valence-electron chi connectivity index (χ1n) is 7.83. The van der Waals surface area contributed by atoms with Gasteiger partial charge in [0.2, 0.25) is 0 Å². The number of nitrogens with one attached hydrogen (secondary N) is 1. The fourth-order valence-corrected chi connectivity index (χ4v) is 2.70. The van der Waals surface area contributed by atoms with E-state index in [2.05, 4.69) is 50.4 Å². The van der Waals surface area contributed by atoms with Crippen LogP contribution in [-0.4, -0.2) is 13.2 Å². The van der Waals surface area contributed by atoms with E-state index in [0.29, 0.717) is 12.6 Å². The summed E-state index contributed by atoms with van der Waals surface area (Å²) >= 11 is 0. The van der Waals surface area contributed by atoms with Gasteiger partial charge in [-0.05, 0) is 75.4 Å². The van der Waals surface area contributed by atoms with Crippen LogP contribution >= 0.6 is 0 Å². The van der Waals surface area contributed by atoms with Crippen LogP contribution in [0.15, 0.2) is 29.8 Å². The monoisotopic (exact) mass is 273 g/mol. The molecule has 0 amide bonds. The van der Waals surface area contributed by atoms with Gasteiger partial charge in [-0.2, -0.15) is 0 Å². The summed E-state index contributed by atoms with van der Waals surface area (Å²) in [6, 6.07) is 7.10. The van der Waals surface area contributed by atoms with Crippen molar-refractivity contribution in [3.05, 3.63) is 41.0 Å². The average Bonchev–Trinajstić information content (AvgIpc) is 2.44. The zero-order chi connectivity index (χ0) is 14.4. The minimum absolute atomic E-state index is 0.505. The summed E-state index contributed by atoms with van der Waals surface area (Å²) in [7, 11) is 0. The van der Waals surface area contributed by atoms with Crippen molar-refractivity contribution in [2.24, 2.45) is 0 Å². The third-order valence-corrected chi connectivity index (χ3v) is 3.81. The Hall–Kier alpha value is -1.28. The first kappa shape index (κ1) is 15.1. The number of aryl methyl sites for hydroxylation is 1. The van der Waals surface area contributed by atoms with E-state index in [1.54, 1.807) is 0 Å². The Morgan fingerprint density at radius 1 is 1.40 bits per heavy atom. The van der Waals surface area contributed by atoms with Gasteiger partial charge >= 0.3 is 0 Å². The van der Waals surface area contributed by atoms with E-state index < -0.39 is 0 Å². The zero-order valence-electron chi connectivity index (χ0n) is 13.0. The summed E-state index contributed by atoms with van der Waals surface area (Å²) < 4.78 is 5.83. The Morgan fingerprint density at radius 2 is 2.25 bits per heavy atom. The van der Waals surface area contributed by atoms with Crippen LogP contribution in [0.5, 0.6) is 5.75 Å². The largest absolute Gasteiger partial charge is 0.490 e. The van der Waals surface area contributed by atoms with E-state index in [4.69, 9.17) is 4.74 Å². The summed E-state index contributed by atoms with van der Waals surface area (Å²) in [5.41, 5.74) is 4.23. The van der Waals surface area contributed by atoms with Crippen LogP contribution in [0.25, 0.3) is 0 Å². The van der Waals surface area contributed by atoms with Crippen LogP contribution in [-0.2, 0) is 6.42 Å². The Kier molecular flexibility index (Phi) is 5.66. The van der Waals surface area contributed by atoms with E-state index in [0.717, 1.165) is 12.3 Å². The smallest absolute Gasteiger partial charge is 0.120 e. The Morgan fingerprint density at radius 3 is 3.00 bits per heavy atom. The quantitative estimate of drug-likeness (QED) is 0.775. The third-order valence-electron chi connectivity index (χ3n) is 3.81. The van der Waals surface area contributed by atoms with Crippen LogP contribution in [0.2, 0.25) is 0 Å². The molecule has 1 atom stereocenters. The van der Waals surface area contributed by atoms with Crippen molar-refractivity contribution < 1.29 is 4.74 Å². The molecule has 0 heterocycles. The van der Waals surface area contributed by atoms with Gasteiger partial charge in [0.1, 0.15) is 12.4 Å². The van der Waals surface area contributed by atoms with Crippen LogP contribution in [0.3, 0.4) is 0 Å². The SMILES string of the molecule is CCCNC1CCCc2ccc(OCC=C(C)C)cc21. The molecule has 20 heavy (non-hydrogen) atoms. The minimum Gasteiger partial charge on any atom is -0.490 e. The van der Waals surface area contributed by atoms with Gasteiger partial charge in [-0.1, -0.05) is 18.6 Å². The highest BCUT2D eigenvalue weighted by Gasteiger charge is 2.19. The van der Waals surface area contributed by atoms with E-state index in [-0.39, 0.29) is 0 Å². The van der Waals surface area contributed by atoms with Crippen molar-refractivity contribution in [3.8, 4) is 5.75 Å². The third kappa shape index (κ3) is 4.11. The van der Waals surface area contributed by atoms with Gasteiger partial charge < -0.3 is 10.1 Å². The maximum absolute atomic E-state index is 5.83. The average molecular weight is 273 g/mol. The lowest BCUT2D eigenvalue weighted by Gasteiger charge is -2.27. The lowest BCUT2D eigenvalue weighted by atomic mass is 9.87. The van der Waals surface area contributed by atoms with E-state index >= 15 is 0 Å². The highest BCUT2D eigenvalue weighted by Crippen LogP contribution is 2.32. The topological polar surface area (TPSA) is 21.3 Å². The molecule has 2 heteroatoms. The molecular formula is C18H27NO. The molecule has 0 aromatic heterocycles. The second-order valence-corrected chi connectivity index (χ2v) is 5.85. The molecule has 0 aliphatic heterocycles. The molecule has 0 fully saturated rings. The normalized spacial score (nSPS) is 17.4. The molecule has 1 aromatic carbocycles. The minimum atomic E-state index is 0.505. The molecule has 0 bridgehead atoms. The van der Waals surface area contributed by atoms with Crippen molar-refractivity contribution in [2.75, 3.05) is 13.2 Å². The molecule has 1 aromatic rings. The molecule has 1 aliphatic rings. The summed E-state index contributed by atoms with van der Waals surface area (Å²) in [6.07, 6.45) is 7.03. The summed E-state index contributed by atoms with van der Waals surface area (Å²) in [6.45, 7) is 8.17. The van der Waals surface area contributed by atoms with Crippen molar-refractivity contribution in [3.63, 3.8) is 0 Å². The first-order valence-corrected chi connectivity index (χ1v) is 7.83. The molecule has 1 unspecified atom stereocenters. The lowest BCUT2D eigenvalue weighted by Crippen LogP contribution is -2.25. The van der Waals surface area contributed by atoms with Crippen LogP contribution < -0.4 is 10.1 Å². The van der Waals surface area contributed by atoms with Gasteiger partial charge in [-0.15, -0.1) is 0 Å². The molecule has 0 spiro atoms. The predicted molar refractivity (Wildman–Crippen MR) is 85.3 cm³/mol. The first-order chi connectivity index (χ1) is 9.70. The highest BCUT2D eigenvalue weighted by atomic mass is 16.5. The molecule has 1 N–H and O–H groups in total. The van der Waals surface area contributed by atoms with Gasteiger partial charge in [-0.3, -0.25) is 0 Å². The van der Waals surface area contributed by atoms with Crippen molar-refractivity contribution in [1.82, 2.24) is 5.32 Å². The Labute approximate surface area is 123 Å². The Balaban J connectivity index is 2.08. The second-order valence-electron chi connectivity index (χ2n) is 5.85. The molecule has 0 radical (unpaired) electrons. The number of ether oxygens (including phenoxy) is 1. The molecule has 2 nitrogen and oxygen atoms in total. The predicted octanol–water partition coefficient (Wildman–Crippen LogP) is 4.41. The standard InChI is InChI=1S/C18H27NO/c1-4-11-19-18-7-5-6-15-8-9-16(13-17(15)18)20-12-10-14(2)3/h8-10,13,18-19H,4-7,11-12H2,1-3H3. The van der Waals surface area contributed by atoms with Crippen LogP contribution in [0.4, 0.5) is 0 Å². The lowest BCUT2D eigenvalue weighted by molar-refractivity contribution is 0.359. The van der Waals surface area contributed by atoms with Gasteiger partial charge in [0.05, 0.1) is 0 Å². The molecule has 110 valence electrons. The van der Waals surface area contributed by atoms with Crippen LogP contribution in [0, 0.1) is 0 Å². The summed E-state index contributed by atoms with van der Waals surface area (Å²) in [5.74, 6) is 0.992. The number of allylic oxidation sites excluding steroid dienone is 1. The number of hydrogen-bond donors (Lipinski definition) is 1. The zero-order valence-corrected chi connectivity index (χ0v) is 13.0. The molecule has 2 rings (SSSR count). The molecule has 0 saturated carbocycles. The van der Waals surface area contributed by atoms with Gasteiger partial charge in [0.15, 0.2) is 0 Å². The fourth-order valence-electron chi connectivity index (χ4n) is 2.70. The van der Waals surface area contributed by atoms with Gasteiger partial charge in [0, 0.05) is 6.04 Å². The summed E-state index contributed by atoms with van der Waals surface area (Å²) in [5, 5.41) is 3.66. The van der Waals surface area contributed by atoms with Crippen molar-refractivity contribution in [2.45, 2.75) is 52.5 Å². The van der Waals surface area contributed by atoms with Gasteiger partial charge in [0.25, 0.3) is 0 Å². The van der Waals surface area contributed by atoms with Crippen molar-refractivity contribution >= 4 is 0 Å². The van der Waals surface area contributed by atoms with E-state index in [1.165, 1.54) is 42.4 Å². The number of benzene rings is 1. The van der Waals surface area contributed by atoms with Crippen molar-refractivity contribution in [1.29, 1.82) is 0 Å². The molecule has 0 saturated heterocycles. The maximum atomic E-state index is 5.83. The Bertz CT molecular complexity index is 460. The fraction of sp³-hybridized carbons (Fsp3) is 0.556. The highest BCUT2D eigenvalue weighted by molar-refractivity contribution is 5.39. The van der Waals surface area contributed by atoms with Crippen LogP contribution in [0.1, 0.15) is 57.2 Å². The number of rotatable bonds is 6. The van der Waals surface area contributed by atoms with Gasteiger partial charge in [-0.25, -0.2) is 0 Å². The number of fused-ring (bicyclic) bond motifs is 1.